The molecule has 2 aromatic heterocycles. The fraction of sp³-hybridized carbons (Fsp3) is 0. The Bertz CT molecular complexity index is 775. The first kappa shape index (κ1) is 16.0. The van der Waals surface area contributed by atoms with Gasteiger partial charge in [-0.3, -0.25) is 0 Å². The number of nitrogens with two attached hydrogens (primary N) is 1. The lowest BCUT2D eigenvalue weighted by Gasteiger charge is -2.01. The van der Waals surface area contributed by atoms with Gasteiger partial charge in [0.15, 0.2) is 6.20 Å². The molecule has 6 heteroatoms. The molecule has 1 aromatic carbocycles. The highest BCUT2D eigenvalue weighted by Crippen LogP contribution is 2.09. The minimum Gasteiger partial charge on any atom is -0.618 e. The van der Waals surface area contributed by atoms with E-state index in [0.29, 0.717) is 17.1 Å². The highest BCUT2D eigenvalue weighted by molar-refractivity contribution is 5.87. The quantitative estimate of drug-likeness (QED) is 0.429. The maximum absolute atomic E-state index is 11.3. The summed E-state index contributed by atoms with van der Waals surface area (Å²) in [5.74, 6) is -0.931. The van der Waals surface area contributed by atoms with Crippen molar-refractivity contribution < 1.29 is 14.6 Å². The number of aromatic carboxylic acids is 1. The summed E-state index contributed by atoms with van der Waals surface area (Å²) < 4.78 is 0.808. The Morgan fingerprint density at radius 2 is 1.74 bits per heavy atom. The van der Waals surface area contributed by atoms with E-state index in [1.54, 1.807) is 30.5 Å². The first-order valence-corrected chi connectivity index (χ1v) is 6.76. The highest BCUT2D eigenvalue weighted by atomic mass is 16.5. The van der Waals surface area contributed by atoms with Crippen LogP contribution in [0.4, 0.5) is 5.69 Å². The van der Waals surface area contributed by atoms with E-state index in [-0.39, 0.29) is 5.56 Å². The molecule has 0 fully saturated rings. The summed E-state index contributed by atoms with van der Waals surface area (Å²) >= 11 is 0. The van der Waals surface area contributed by atoms with Crippen LogP contribution in [-0.4, -0.2) is 16.1 Å². The number of nitrogen functional groups attached to an aromatic ring is 1. The number of hydrogen-bond donors (Lipinski definition) is 2. The second-order valence-corrected chi connectivity index (χ2v) is 4.55. The third-order valence-electron chi connectivity index (χ3n) is 2.91. The maximum Gasteiger partial charge on any atom is 0.335 e. The van der Waals surface area contributed by atoms with E-state index in [2.05, 4.69) is 4.98 Å². The van der Waals surface area contributed by atoms with Crippen molar-refractivity contribution in [3.63, 3.8) is 0 Å². The largest absolute Gasteiger partial charge is 0.618 e. The van der Waals surface area contributed by atoms with Crippen molar-refractivity contribution in [3.05, 3.63) is 83.8 Å². The fourth-order valence-corrected chi connectivity index (χ4v) is 1.77. The summed E-state index contributed by atoms with van der Waals surface area (Å²) in [5, 5.41) is 19.7. The van der Waals surface area contributed by atoms with Crippen LogP contribution in [-0.2, 0) is 0 Å². The molecule has 23 heavy (non-hydrogen) atoms. The van der Waals surface area contributed by atoms with Gasteiger partial charge in [0.1, 0.15) is 5.69 Å². The molecule has 0 aliphatic rings. The van der Waals surface area contributed by atoms with E-state index in [1.807, 2.05) is 24.3 Å². The predicted octanol–water partition coefficient (Wildman–Crippen LogP) is 2.35. The number of nitrogens with zero attached hydrogens (tertiary/aromatic N) is 2. The molecule has 3 aromatic rings. The average molecular weight is 309 g/mol. The summed E-state index contributed by atoms with van der Waals surface area (Å²) in [4.78, 5) is 14.4. The van der Waals surface area contributed by atoms with Gasteiger partial charge in [-0.05, 0) is 42.5 Å². The molecule has 6 nitrogen and oxygen atoms in total. The summed E-state index contributed by atoms with van der Waals surface area (Å²) in [5.41, 5.74) is 7.43. The number of carboxylic acids is 1. The van der Waals surface area contributed by atoms with Gasteiger partial charge in [-0.1, -0.05) is 6.07 Å². The molecule has 0 aliphatic heterocycles. The molecule has 0 amide bonds. The molecule has 0 bridgehead atoms. The Morgan fingerprint density at radius 1 is 1.04 bits per heavy atom. The smallest absolute Gasteiger partial charge is 0.335 e. The summed E-state index contributed by atoms with van der Waals surface area (Å²) in [7, 11) is 0. The Kier molecular flexibility index (Phi) is 5.25. The maximum atomic E-state index is 11.3. The normalized spacial score (nSPS) is 9.57. The first-order valence-electron chi connectivity index (χ1n) is 6.76. The molecule has 0 saturated heterocycles. The van der Waals surface area contributed by atoms with Gasteiger partial charge in [0.05, 0.1) is 5.56 Å². The van der Waals surface area contributed by atoms with Gasteiger partial charge >= 0.3 is 5.97 Å². The molecule has 3 N–H and O–H groups in total. The van der Waals surface area contributed by atoms with E-state index in [1.165, 1.54) is 18.3 Å². The van der Waals surface area contributed by atoms with Crippen LogP contribution in [0.15, 0.2) is 73.1 Å². The third-order valence-corrected chi connectivity index (χ3v) is 2.91. The van der Waals surface area contributed by atoms with Crippen LogP contribution in [0.5, 0.6) is 0 Å². The fourth-order valence-electron chi connectivity index (χ4n) is 1.77. The number of anilines is 1. The lowest BCUT2D eigenvalue weighted by atomic mass is 10.2. The molecule has 0 atom stereocenters. The topological polar surface area (TPSA) is 103 Å². The molecule has 2 heterocycles. The van der Waals surface area contributed by atoms with Crippen molar-refractivity contribution in [1.82, 2.24) is 4.98 Å². The van der Waals surface area contributed by atoms with Crippen molar-refractivity contribution in [1.29, 1.82) is 0 Å². The lowest BCUT2D eigenvalue weighted by Crippen LogP contribution is -2.28. The number of hydrogen-bond acceptors (Lipinski definition) is 4. The molecule has 0 aliphatic carbocycles. The SMILES string of the molecule is Nc1ccc(C(=O)O)cc1.[O-][n+]1ccccc1-c1ccccn1. The first-order chi connectivity index (χ1) is 11.1. The highest BCUT2D eigenvalue weighted by Gasteiger charge is 2.06. The van der Waals surface area contributed by atoms with Gasteiger partial charge in [-0.2, -0.15) is 4.73 Å². The van der Waals surface area contributed by atoms with Crippen LogP contribution in [0.3, 0.4) is 0 Å². The van der Waals surface area contributed by atoms with Crippen LogP contribution in [0.2, 0.25) is 0 Å². The number of carbonyl (C=O) groups is 1. The van der Waals surface area contributed by atoms with E-state index in [9.17, 15) is 10.0 Å². The van der Waals surface area contributed by atoms with Crippen LogP contribution in [0.1, 0.15) is 10.4 Å². The Morgan fingerprint density at radius 3 is 2.30 bits per heavy atom. The van der Waals surface area contributed by atoms with Gasteiger partial charge in [0.2, 0.25) is 5.69 Å². The van der Waals surface area contributed by atoms with Crippen molar-refractivity contribution in [3.8, 4) is 11.4 Å². The number of aromatic nitrogens is 2. The molecular formula is C17H15N3O3. The molecule has 0 spiro atoms. The van der Waals surface area contributed by atoms with E-state index in [4.69, 9.17) is 10.8 Å². The van der Waals surface area contributed by atoms with Crippen molar-refractivity contribution in [2.75, 3.05) is 5.73 Å². The second-order valence-electron chi connectivity index (χ2n) is 4.55. The van der Waals surface area contributed by atoms with Gasteiger partial charge in [0, 0.05) is 24.0 Å². The minimum absolute atomic E-state index is 0.259. The number of benzene rings is 1. The third kappa shape index (κ3) is 4.53. The van der Waals surface area contributed by atoms with E-state index < -0.39 is 5.97 Å². The lowest BCUT2D eigenvalue weighted by molar-refractivity contribution is -0.593. The Labute approximate surface area is 133 Å². The monoisotopic (exact) mass is 309 g/mol. The van der Waals surface area contributed by atoms with Gasteiger partial charge < -0.3 is 16.0 Å². The second kappa shape index (κ2) is 7.56. The van der Waals surface area contributed by atoms with E-state index >= 15 is 0 Å². The van der Waals surface area contributed by atoms with Crippen molar-refractivity contribution in [2.24, 2.45) is 0 Å². The van der Waals surface area contributed by atoms with Crippen LogP contribution < -0.4 is 10.5 Å². The standard InChI is InChI=1S/C10H8N2O.C7H7NO2/c13-12-8-4-2-6-10(12)9-5-1-3-7-11-9;8-6-3-1-5(2-4-6)7(9)10/h1-8H;1-4H,8H2,(H,9,10). The molecule has 0 saturated carbocycles. The van der Waals surface area contributed by atoms with E-state index in [0.717, 1.165) is 4.73 Å². The van der Waals surface area contributed by atoms with Crippen molar-refractivity contribution >= 4 is 11.7 Å². The number of pyridine rings is 2. The zero-order valence-electron chi connectivity index (χ0n) is 12.2. The number of rotatable bonds is 2. The molecule has 3 rings (SSSR count). The van der Waals surface area contributed by atoms with Crippen molar-refractivity contribution in [2.45, 2.75) is 0 Å². The predicted molar refractivity (Wildman–Crippen MR) is 86.4 cm³/mol. The molecular weight excluding hydrogens is 294 g/mol. The van der Waals surface area contributed by atoms with Gasteiger partial charge in [-0.15, -0.1) is 0 Å². The van der Waals surface area contributed by atoms with Crippen LogP contribution >= 0.6 is 0 Å². The van der Waals surface area contributed by atoms with Crippen LogP contribution in [0.25, 0.3) is 11.4 Å². The summed E-state index contributed by atoms with van der Waals surface area (Å²) in [6, 6.07) is 16.8. The zero-order chi connectivity index (χ0) is 16.7. The summed E-state index contributed by atoms with van der Waals surface area (Å²) in [6.45, 7) is 0. The molecule has 0 radical (unpaired) electrons. The molecule has 0 unspecified atom stereocenters. The Balaban J connectivity index is 0.000000174. The number of carboxylic acid groups (broad SMARTS) is 1. The Hall–Kier alpha value is -3.41. The summed E-state index contributed by atoms with van der Waals surface area (Å²) in [6.07, 6.45) is 3.13. The van der Waals surface area contributed by atoms with Gasteiger partial charge in [-0.25, -0.2) is 9.78 Å². The minimum atomic E-state index is -0.931. The van der Waals surface area contributed by atoms with Gasteiger partial charge in [0.25, 0.3) is 0 Å². The zero-order valence-corrected chi connectivity index (χ0v) is 12.2. The molecule has 116 valence electrons. The average Bonchev–Trinajstić information content (AvgIpc) is 2.57. The van der Waals surface area contributed by atoms with Crippen LogP contribution in [0, 0.1) is 5.21 Å².